The zero-order chi connectivity index (χ0) is 20.3. The molecule has 0 saturated carbocycles. The standard InChI is InChI=1S/C18H22Cl2N4O4/c1-2-24-8-4-5-10(9-24)21-18-22-14(13-11(19)6-3-7-12(13)20)15(23-18)28-17(27)16(25)26/h3,6-7,10,14-15H,2,4-5,8-9H2,1H3,(H,25,26)(H2,21,22,23). The lowest BCUT2D eigenvalue weighted by molar-refractivity contribution is -0.168. The number of esters is 1. The van der Waals surface area contributed by atoms with Gasteiger partial charge < -0.3 is 25.4 Å². The molecule has 3 rings (SSSR count). The zero-order valence-corrected chi connectivity index (χ0v) is 16.8. The number of aliphatic carboxylic acids is 1. The monoisotopic (exact) mass is 428 g/mol. The Morgan fingerprint density at radius 1 is 1.39 bits per heavy atom. The predicted octanol–water partition coefficient (Wildman–Crippen LogP) is 2.02. The van der Waals surface area contributed by atoms with Crippen molar-refractivity contribution < 1.29 is 19.4 Å². The molecule has 2 heterocycles. The fourth-order valence-corrected chi connectivity index (χ4v) is 4.08. The molecule has 1 aromatic rings. The fraction of sp³-hybridized carbons (Fsp3) is 0.500. The van der Waals surface area contributed by atoms with Crippen LogP contribution in [-0.2, 0) is 14.3 Å². The summed E-state index contributed by atoms with van der Waals surface area (Å²) in [5, 5.41) is 15.9. The van der Waals surface area contributed by atoms with E-state index in [0.717, 1.165) is 32.5 Å². The van der Waals surface area contributed by atoms with Crippen LogP contribution in [0.25, 0.3) is 0 Å². The van der Waals surface area contributed by atoms with Gasteiger partial charge in [0.15, 0.2) is 5.96 Å². The molecular formula is C18H22Cl2N4O4. The molecule has 0 aromatic heterocycles. The number of hydrogen-bond acceptors (Lipinski definition) is 7. The number of rotatable bonds is 4. The smallest absolute Gasteiger partial charge is 0.419 e. The number of ether oxygens (including phenoxy) is 1. The van der Waals surface area contributed by atoms with E-state index in [1.807, 2.05) is 0 Å². The Hall–Kier alpha value is -2.03. The Bertz CT molecular complexity index is 769. The number of carbonyl (C=O) groups is 2. The Morgan fingerprint density at radius 2 is 2.11 bits per heavy atom. The number of halogens is 2. The van der Waals surface area contributed by atoms with E-state index in [9.17, 15) is 9.59 Å². The van der Waals surface area contributed by atoms with E-state index in [1.54, 1.807) is 18.2 Å². The molecule has 2 aliphatic rings. The Balaban J connectivity index is 1.82. The van der Waals surface area contributed by atoms with E-state index in [0.29, 0.717) is 21.6 Å². The van der Waals surface area contributed by atoms with E-state index < -0.39 is 24.2 Å². The largest absolute Gasteiger partial charge is 0.473 e. The van der Waals surface area contributed by atoms with Crippen molar-refractivity contribution in [2.75, 3.05) is 19.6 Å². The average molecular weight is 429 g/mol. The van der Waals surface area contributed by atoms with Gasteiger partial charge in [0.25, 0.3) is 0 Å². The first-order valence-electron chi connectivity index (χ1n) is 9.10. The minimum Gasteiger partial charge on any atom is -0.473 e. The van der Waals surface area contributed by atoms with Crippen LogP contribution in [0.4, 0.5) is 0 Å². The summed E-state index contributed by atoms with van der Waals surface area (Å²) in [6, 6.07) is 4.41. The average Bonchev–Trinajstić information content (AvgIpc) is 3.03. The van der Waals surface area contributed by atoms with Gasteiger partial charge in [0, 0.05) is 28.2 Å². The van der Waals surface area contributed by atoms with Crippen molar-refractivity contribution in [3.63, 3.8) is 0 Å². The number of carboxylic acid groups (broad SMARTS) is 1. The number of likely N-dealkylation sites (tertiary alicyclic amines) is 1. The topological polar surface area (TPSA) is 103 Å². The van der Waals surface area contributed by atoms with Crippen molar-refractivity contribution >= 4 is 41.1 Å². The minimum absolute atomic E-state index is 0.177. The molecule has 3 atom stereocenters. The minimum atomic E-state index is -1.68. The second-order valence-electron chi connectivity index (χ2n) is 6.71. The molecule has 152 valence electrons. The van der Waals surface area contributed by atoms with Gasteiger partial charge in [0.05, 0.1) is 0 Å². The van der Waals surface area contributed by atoms with Crippen molar-refractivity contribution in [1.29, 1.82) is 0 Å². The lowest BCUT2D eigenvalue weighted by Gasteiger charge is -2.32. The quantitative estimate of drug-likeness (QED) is 0.497. The summed E-state index contributed by atoms with van der Waals surface area (Å²) < 4.78 is 5.08. The van der Waals surface area contributed by atoms with Crippen LogP contribution in [0.1, 0.15) is 31.4 Å². The van der Waals surface area contributed by atoms with Crippen LogP contribution in [0.15, 0.2) is 23.2 Å². The Kier molecular flexibility index (Phi) is 6.64. The van der Waals surface area contributed by atoms with E-state index in [1.165, 1.54) is 0 Å². The molecule has 0 radical (unpaired) electrons. The van der Waals surface area contributed by atoms with Crippen LogP contribution in [0.5, 0.6) is 0 Å². The summed E-state index contributed by atoms with van der Waals surface area (Å²) in [6.45, 7) is 5.01. The highest BCUT2D eigenvalue weighted by molar-refractivity contribution is 6.36. The molecule has 2 aliphatic heterocycles. The molecule has 0 spiro atoms. The molecule has 0 bridgehead atoms. The third-order valence-corrected chi connectivity index (χ3v) is 5.49. The van der Waals surface area contributed by atoms with Gasteiger partial charge in [-0.2, -0.15) is 0 Å². The Morgan fingerprint density at radius 3 is 2.75 bits per heavy atom. The van der Waals surface area contributed by atoms with Gasteiger partial charge in [-0.05, 0) is 38.1 Å². The highest BCUT2D eigenvalue weighted by atomic mass is 35.5. The van der Waals surface area contributed by atoms with Gasteiger partial charge in [-0.25, -0.2) is 14.6 Å². The third kappa shape index (κ3) is 4.68. The molecule has 1 aromatic carbocycles. The fourth-order valence-electron chi connectivity index (χ4n) is 3.46. The molecule has 8 nitrogen and oxygen atoms in total. The summed E-state index contributed by atoms with van der Waals surface area (Å²) in [4.78, 5) is 29.4. The summed E-state index contributed by atoms with van der Waals surface area (Å²) in [5.41, 5.74) is 0.470. The van der Waals surface area contributed by atoms with Crippen LogP contribution >= 0.6 is 23.2 Å². The number of nitrogens with one attached hydrogen (secondary N) is 2. The number of guanidine groups is 1. The second-order valence-corrected chi connectivity index (χ2v) is 7.52. The van der Waals surface area contributed by atoms with Crippen LogP contribution in [0.3, 0.4) is 0 Å². The highest BCUT2D eigenvalue weighted by Crippen LogP contribution is 2.36. The zero-order valence-electron chi connectivity index (χ0n) is 15.3. The first-order valence-corrected chi connectivity index (χ1v) is 9.85. The number of nitrogens with zero attached hydrogens (tertiary/aromatic N) is 2. The normalized spacial score (nSPS) is 25.0. The number of benzene rings is 1. The maximum atomic E-state index is 11.6. The van der Waals surface area contributed by atoms with Gasteiger partial charge in [-0.15, -0.1) is 0 Å². The number of carbonyl (C=O) groups excluding carboxylic acids is 1. The molecule has 28 heavy (non-hydrogen) atoms. The van der Waals surface area contributed by atoms with Crippen LogP contribution in [-0.4, -0.2) is 59.8 Å². The van der Waals surface area contributed by atoms with Crippen molar-refractivity contribution in [3.05, 3.63) is 33.8 Å². The molecule has 1 saturated heterocycles. The van der Waals surface area contributed by atoms with Gasteiger partial charge >= 0.3 is 11.9 Å². The van der Waals surface area contributed by atoms with Gasteiger partial charge in [0.2, 0.25) is 6.23 Å². The SMILES string of the molecule is CCN1CCCC(NC2=NC(c3c(Cl)cccc3Cl)C(OC(=O)C(=O)O)N2)C1. The number of likely N-dealkylation sites (N-methyl/N-ethyl adjacent to an activating group) is 1. The van der Waals surface area contributed by atoms with Gasteiger partial charge in [0.1, 0.15) is 6.04 Å². The molecule has 1 fully saturated rings. The van der Waals surface area contributed by atoms with E-state index in [2.05, 4.69) is 27.4 Å². The number of aliphatic imine (C=N–C) groups is 1. The lowest BCUT2D eigenvalue weighted by Crippen LogP contribution is -2.51. The number of carboxylic acids is 1. The molecule has 10 heteroatoms. The van der Waals surface area contributed by atoms with Crippen LogP contribution < -0.4 is 10.6 Å². The molecule has 0 aliphatic carbocycles. The first-order chi connectivity index (χ1) is 13.4. The summed E-state index contributed by atoms with van der Waals surface area (Å²) >= 11 is 12.6. The van der Waals surface area contributed by atoms with Crippen LogP contribution in [0.2, 0.25) is 10.0 Å². The van der Waals surface area contributed by atoms with Crippen molar-refractivity contribution in [1.82, 2.24) is 15.5 Å². The molecular weight excluding hydrogens is 407 g/mol. The van der Waals surface area contributed by atoms with Crippen molar-refractivity contribution in [2.45, 2.75) is 38.1 Å². The third-order valence-electron chi connectivity index (χ3n) is 4.83. The highest BCUT2D eigenvalue weighted by Gasteiger charge is 2.37. The van der Waals surface area contributed by atoms with E-state index in [-0.39, 0.29) is 6.04 Å². The van der Waals surface area contributed by atoms with E-state index >= 15 is 0 Å². The van der Waals surface area contributed by atoms with Gasteiger partial charge in [-0.3, -0.25) is 0 Å². The van der Waals surface area contributed by atoms with E-state index in [4.69, 9.17) is 33.0 Å². The molecule has 3 unspecified atom stereocenters. The summed E-state index contributed by atoms with van der Waals surface area (Å²) in [5.74, 6) is -2.64. The van der Waals surface area contributed by atoms with Gasteiger partial charge in [-0.1, -0.05) is 36.2 Å². The first kappa shape index (κ1) is 20.7. The van der Waals surface area contributed by atoms with Crippen molar-refractivity contribution in [3.8, 4) is 0 Å². The summed E-state index contributed by atoms with van der Waals surface area (Å²) in [6.07, 6.45) is 1.01. The lowest BCUT2D eigenvalue weighted by atomic mass is 10.1. The Labute approximate surface area is 172 Å². The summed E-state index contributed by atoms with van der Waals surface area (Å²) in [7, 11) is 0. The predicted molar refractivity (Wildman–Crippen MR) is 106 cm³/mol. The maximum absolute atomic E-state index is 11.6. The molecule has 0 amide bonds. The number of piperidine rings is 1. The van der Waals surface area contributed by atoms with Crippen LogP contribution in [0, 0.1) is 0 Å². The second kappa shape index (κ2) is 8.98. The molecule has 3 N–H and O–H groups in total. The van der Waals surface area contributed by atoms with Crippen molar-refractivity contribution in [2.24, 2.45) is 4.99 Å². The maximum Gasteiger partial charge on any atom is 0.419 e. The number of hydrogen-bond donors (Lipinski definition) is 3.